The maximum atomic E-state index is 14.5. The van der Waals surface area contributed by atoms with Gasteiger partial charge in [-0.1, -0.05) is 66.2 Å². The molecule has 4 nitrogen and oxygen atoms in total. The molecule has 0 aliphatic heterocycles. The van der Waals surface area contributed by atoms with Gasteiger partial charge in [0.25, 0.3) is 0 Å². The highest BCUT2D eigenvalue weighted by Crippen LogP contribution is 2.27. The summed E-state index contributed by atoms with van der Waals surface area (Å²) in [5.74, 6) is 0.325. The number of aromatic nitrogens is 2. The van der Waals surface area contributed by atoms with Crippen LogP contribution in [0.1, 0.15) is 23.1 Å². The molecule has 0 saturated heterocycles. The van der Waals surface area contributed by atoms with E-state index in [-0.39, 0.29) is 11.7 Å². The Morgan fingerprint density at radius 1 is 0.893 bits per heavy atom. The van der Waals surface area contributed by atoms with Crippen molar-refractivity contribution in [3.05, 3.63) is 107 Å². The van der Waals surface area contributed by atoms with Crippen molar-refractivity contribution in [1.29, 1.82) is 0 Å². The Hall–Kier alpha value is -3.02. The van der Waals surface area contributed by atoms with Crippen LogP contribution in [0.5, 0.6) is 0 Å². The Morgan fingerprint density at radius 3 is 2.39 bits per heavy atom. The summed E-state index contributed by atoms with van der Waals surface area (Å²) in [7, 11) is 0. The Morgan fingerprint density at radius 2 is 1.61 bits per heavy atom. The molecule has 1 atom stereocenters. The van der Waals surface area contributed by atoms with Crippen molar-refractivity contribution in [2.24, 2.45) is 0 Å². The van der Waals surface area contributed by atoms with Gasteiger partial charge in [0.1, 0.15) is 11.9 Å². The molecule has 1 heterocycles. The molecule has 0 radical (unpaired) electrons. The molecule has 0 aliphatic rings. The highest BCUT2D eigenvalue weighted by molar-refractivity contribution is 6.31. The Kier molecular flexibility index (Phi) is 5.46. The third-order valence-corrected chi connectivity index (χ3v) is 4.75. The second-order valence-corrected chi connectivity index (χ2v) is 6.65. The SMILES string of the molecule is Fc1ccccc1[C@@H](NCc1ccccc1Cl)c1nnc(-c2ccccc2)o1. The van der Waals surface area contributed by atoms with Crippen LogP contribution in [-0.4, -0.2) is 10.2 Å². The lowest BCUT2D eigenvalue weighted by molar-refractivity contribution is 0.427. The highest BCUT2D eigenvalue weighted by atomic mass is 35.5. The third kappa shape index (κ3) is 3.96. The quantitative estimate of drug-likeness (QED) is 0.476. The van der Waals surface area contributed by atoms with Crippen LogP contribution in [-0.2, 0) is 6.54 Å². The number of nitrogens with zero attached hydrogens (tertiary/aromatic N) is 2. The van der Waals surface area contributed by atoms with Crippen LogP contribution in [0, 0.1) is 5.82 Å². The molecule has 1 N–H and O–H groups in total. The number of nitrogens with one attached hydrogen (secondary N) is 1. The minimum Gasteiger partial charge on any atom is -0.419 e. The number of benzene rings is 3. The van der Waals surface area contributed by atoms with Crippen LogP contribution < -0.4 is 5.32 Å². The average molecular weight is 394 g/mol. The predicted octanol–water partition coefficient (Wildman–Crippen LogP) is 5.41. The zero-order valence-corrected chi connectivity index (χ0v) is 15.6. The Balaban J connectivity index is 1.67. The average Bonchev–Trinajstić information content (AvgIpc) is 3.21. The van der Waals surface area contributed by atoms with Crippen LogP contribution in [0.25, 0.3) is 11.5 Å². The predicted molar refractivity (Wildman–Crippen MR) is 106 cm³/mol. The monoisotopic (exact) mass is 393 g/mol. The second-order valence-electron chi connectivity index (χ2n) is 6.24. The number of hydrogen-bond donors (Lipinski definition) is 1. The van der Waals surface area contributed by atoms with E-state index in [1.54, 1.807) is 18.2 Å². The molecule has 0 unspecified atom stereocenters. The molecular weight excluding hydrogens is 377 g/mol. The zero-order chi connectivity index (χ0) is 19.3. The van der Waals surface area contributed by atoms with Gasteiger partial charge in [-0.25, -0.2) is 4.39 Å². The van der Waals surface area contributed by atoms with Crippen molar-refractivity contribution < 1.29 is 8.81 Å². The summed E-state index contributed by atoms with van der Waals surface area (Å²) < 4.78 is 20.4. The first-order valence-corrected chi connectivity index (χ1v) is 9.20. The Labute approximate surface area is 167 Å². The molecule has 6 heteroatoms. The van der Waals surface area contributed by atoms with E-state index in [1.807, 2.05) is 54.6 Å². The van der Waals surface area contributed by atoms with Gasteiger partial charge in [0.05, 0.1) is 0 Å². The summed E-state index contributed by atoms with van der Waals surface area (Å²) in [4.78, 5) is 0. The lowest BCUT2D eigenvalue weighted by Crippen LogP contribution is -2.23. The van der Waals surface area contributed by atoms with Gasteiger partial charge >= 0.3 is 0 Å². The molecule has 4 rings (SSSR count). The fourth-order valence-electron chi connectivity index (χ4n) is 2.94. The third-order valence-electron chi connectivity index (χ3n) is 4.38. The van der Waals surface area contributed by atoms with Gasteiger partial charge in [0.2, 0.25) is 11.8 Å². The fraction of sp³-hybridized carbons (Fsp3) is 0.0909. The van der Waals surface area contributed by atoms with Crippen molar-refractivity contribution in [1.82, 2.24) is 15.5 Å². The van der Waals surface area contributed by atoms with E-state index in [0.29, 0.717) is 23.0 Å². The summed E-state index contributed by atoms with van der Waals surface area (Å²) in [5.41, 5.74) is 2.13. The molecule has 0 bridgehead atoms. The van der Waals surface area contributed by atoms with Crippen LogP contribution in [0.4, 0.5) is 4.39 Å². The van der Waals surface area contributed by atoms with Gasteiger partial charge in [-0.15, -0.1) is 10.2 Å². The van der Waals surface area contributed by atoms with Gasteiger partial charge in [0, 0.05) is 22.7 Å². The van der Waals surface area contributed by atoms with Gasteiger partial charge < -0.3 is 4.42 Å². The van der Waals surface area contributed by atoms with Crippen molar-refractivity contribution >= 4 is 11.6 Å². The minimum atomic E-state index is -0.609. The molecule has 3 aromatic carbocycles. The molecule has 28 heavy (non-hydrogen) atoms. The van der Waals surface area contributed by atoms with Gasteiger partial charge in [-0.05, 0) is 29.8 Å². The minimum absolute atomic E-state index is 0.288. The smallest absolute Gasteiger partial charge is 0.247 e. The first-order valence-electron chi connectivity index (χ1n) is 8.82. The van der Waals surface area contributed by atoms with E-state index in [1.165, 1.54) is 6.07 Å². The maximum Gasteiger partial charge on any atom is 0.247 e. The van der Waals surface area contributed by atoms with E-state index in [2.05, 4.69) is 15.5 Å². The number of hydrogen-bond acceptors (Lipinski definition) is 4. The van der Waals surface area contributed by atoms with Crippen LogP contribution in [0.15, 0.2) is 83.3 Å². The van der Waals surface area contributed by atoms with Gasteiger partial charge in [0.15, 0.2) is 0 Å². The lowest BCUT2D eigenvalue weighted by Gasteiger charge is -2.17. The topological polar surface area (TPSA) is 51.0 Å². The summed E-state index contributed by atoms with van der Waals surface area (Å²) in [5, 5.41) is 12.2. The normalized spacial score (nSPS) is 12.1. The van der Waals surface area contributed by atoms with E-state index in [4.69, 9.17) is 16.0 Å². The summed E-state index contributed by atoms with van der Waals surface area (Å²) in [6.45, 7) is 0.418. The summed E-state index contributed by atoms with van der Waals surface area (Å²) in [6.07, 6.45) is 0. The van der Waals surface area contributed by atoms with E-state index < -0.39 is 6.04 Å². The molecular formula is C22H17ClFN3O. The molecule has 1 aromatic heterocycles. The Bertz CT molecular complexity index is 1070. The van der Waals surface area contributed by atoms with Crippen molar-refractivity contribution in [3.8, 4) is 11.5 Å². The molecule has 0 saturated carbocycles. The lowest BCUT2D eigenvalue weighted by atomic mass is 10.1. The van der Waals surface area contributed by atoms with Crippen molar-refractivity contribution in [2.75, 3.05) is 0 Å². The van der Waals surface area contributed by atoms with Crippen molar-refractivity contribution in [2.45, 2.75) is 12.6 Å². The van der Waals surface area contributed by atoms with Crippen LogP contribution >= 0.6 is 11.6 Å². The van der Waals surface area contributed by atoms with Crippen molar-refractivity contribution in [3.63, 3.8) is 0 Å². The summed E-state index contributed by atoms with van der Waals surface area (Å²) >= 11 is 6.25. The van der Waals surface area contributed by atoms with Crippen LogP contribution in [0.2, 0.25) is 5.02 Å². The fourth-order valence-corrected chi connectivity index (χ4v) is 3.14. The van der Waals surface area contributed by atoms with E-state index in [9.17, 15) is 4.39 Å². The molecule has 0 fully saturated rings. The highest BCUT2D eigenvalue weighted by Gasteiger charge is 2.24. The first-order chi connectivity index (χ1) is 13.7. The van der Waals surface area contributed by atoms with Crippen LogP contribution in [0.3, 0.4) is 0 Å². The van der Waals surface area contributed by atoms with E-state index in [0.717, 1.165) is 11.1 Å². The molecule has 0 aliphatic carbocycles. The zero-order valence-electron chi connectivity index (χ0n) is 14.8. The van der Waals surface area contributed by atoms with Gasteiger partial charge in [-0.3, -0.25) is 5.32 Å². The molecule has 140 valence electrons. The molecule has 0 spiro atoms. The molecule has 0 amide bonds. The number of rotatable bonds is 6. The standard InChI is InChI=1S/C22H17ClFN3O/c23-18-12-6-4-10-16(18)14-25-20(17-11-5-7-13-19(17)24)22-27-26-21(28-22)15-8-2-1-3-9-15/h1-13,20,25H,14H2/t20-/m1/s1. The molecule has 4 aromatic rings. The van der Waals surface area contributed by atoms with E-state index >= 15 is 0 Å². The largest absolute Gasteiger partial charge is 0.419 e. The maximum absolute atomic E-state index is 14.5. The van der Waals surface area contributed by atoms with Gasteiger partial charge in [-0.2, -0.15) is 0 Å². The second kappa shape index (κ2) is 8.33. The summed E-state index contributed by atoms with van der Waals surface area (Å²) in [6, 6.07) is 22.9. The first kappa shape index (κ1) is 18.3. The number of halogens is 2.